The van der Waals surface area contributed by atoms with E-state index in [0.29, 0.717) is 0 Å². The van der Waals surface area contributed by atoms with Crippen LogP contribution in [0.15, 0.2) is 53.0 Å². The summed E-state index contributed by atoms with van der Waals surface area (Å²) in [5, 5.41) is 3.46. The lowest BCUT2D eigenvalue weighted by molar-refractivity contribution is 0.122. The number of benzene rings is 2. The standard InChI is InChI=1S/C17H19BrN2O/c18-17-4-2-1-3-14(17)13-19-15-5-7-16(8-6-15)20-9-11-21-12-10-20/h1-8,19H,9-13H2. The molecule has 1 N–H and O–H groups in total. The molecule has 21 heavy (non-hydrogen) atoms. The first-order valence-electron chi connectivity index (χ1n) is 7.23. The first kappa shape index (κ1) is 14.4. The van der Waals surface area contributed by atoms with Crippen LogP contribution in [0.25, 0.3) is 0 Å². The fourth-order valence-corrected chi connectivity index (χ4v) is 2.88. The van der Waals surface area contributed by atoms with Gasteiger partial charge >= 0.3 is 0 Å². The highest BCUT2D eigenvalue weighted by atomic mass is 79.9. The lowest BCUT2D eigenvalue weighted by Gasteiger charge is -2.29. The Morgan fingerprint density at radius 2 is 1.71 bits per heavy atom. The van der Waals surface area contributed by atoms with Crippen molar-refractivity contribution in [2.75, 3.05) is 36.5 Å². The largest absolute Gasteiger partial charge is 0.381 e. The number of morpholine rings is 1. The van der Waals surface area contributed by atoms with Gasteiger partial charge in [-0.2, -0.15) is 0 Å². The Labute approximate surface area is 134 Å². The summed E-state index contributed by atoms with van der Waals surface area (Å²) in [6.45, 7) is 4.41. The second-order valence-corrected chi connectivity index (χ2v) is 5.95. The third-order valence-electron chi connectivity index (χ3n) is 3.68. The maximum absolute atomic E-state index is 5.39. The minimum Gasteiger partial charge on any atom is -0.381 e. The minimum absolute atomic E-state index is 0.818. The van der Waals surface area contributed by atoms with Gasteiger partial charge < -0.3 is 15.0 Å². The van der Waals surface area contributed by atoms with Crippen LogP contribution in [0.2, 0.25) is 0 Å². The summed E-state index contributed by atoms with van der Waals surface area (Å²) >= 11 is 3.58. The van der Waals surface area contributed by atoms with Crippen LogP contribution in [-0.4, -0.2) is 26.3 Å². The topological polar surface area (TPSA) is 24.5 Å². The van der Waals surface area contributed by atoms with Gasteiger partial charge in [-0.1, -0.05) is 34.1 Å². The number of ether oxygens (including phenoxy) is 1. The minimum atomic E-state index is 0.818. The highest BCUT2D eigenvalue weighted by Crippen LogP contribution is 2.21. The fraction of sp³-hybridized carbons (Fsp3) is 0.294. The Balaban J connectivity index is 1.60. The zero-order chi connectivity index (χ0) is 14.5. The van der Waals surface area contributed by atoms with Gasteiger partial charge in [0.15, 0.2) is 0 Å². The molecule has 0 radical (unpaired) electrons. The molecule has 0 unspecified atom stereocenters. The molecule has 2 aromatic carbocycles. The molecule has 1 aliphatic heterocycles. The predicted molar refractivity (Wildman–Crippen MR) is 90.9 cm³/mol. The van der Waals surface area contributed by atoms with Crippen LogP contribution in [0.5, 0.6) is 0 Å². The van der Waals surface area contributed by atoms with Crippen LogP contribution in [-0.2, 0) is 11.3 Å². The van der Waals surface area contributed by atoms with E-state index < -0.39 is 0 Å². The number of nitrogens with one attached hydrogen (secondary N) is 1. The Kier molecular flexibility index (Phi) is 4.78. The zero-order valence-corrected chi connectivity index (χ0v) is 13.5. The summed E-state index contributed by atoms with van der Waals surface area (Å²) in [4.78, 5) is 2.36. The van der Waals surface area contributed by atoms with Crippen LogP contribution in [0, 0.1) is 0 Å². The number of halogens is 1. The molecule has 1 fully saturated rings. The van der Waals surface area contributed by atoms with Crippen molar-refractivity contribution in [3.63, 3.8) is 0 Å². The summed E-state index contributed by atoms with van der Waals surface area (Å²) in [5.74, 6) is 0. The highest BCUT2D eigenvalue weighted by Gasteiger charge is 2.10. The maximum atomic E-state index is 5.39. The fourth-order valence-electron chi connectivity index (χ4n) is 2.45. The number of hydrogen-bond donors (Lipinski definition) is 1. The molecule has 4 heteroatoms. The van der Waals surface area contributed by atoms with E-state index >= 15 is 0 Å². The van der Waals surface area contributed by atoms with Crippen molar-refractivity contribution < 1.29 is 4.74 Å². The van der Waals surface area contributed by atoms with Crippen LogP contribution in [0.4, 0.5) is 11.4 Å². The predicted octanol–water partition coefficient (Wildman–Crippen LogP) is 3.90. The molecule has 110 valence electrons. The van der Waals surface area contributed by atoms with Crippen molar-refractivity contribution in [2.45, 2.75) is 6.54 Å². The van der Waals surface area contributed by atoms with Gasteiger partial charge in [0.1, 0.15) is 0 Å². The lowest BCUT2D eigenvalue weighted by atomic mass is 10.2. The molecule has 0 aliphatic carbocycles. The van der Waals surface area contributed by atoms with E-state index in [2.05, 4.69) is 68.6 Å². The van der Waals surface area contributed by atoms with Crippen LogP contribution in [0.3, 0.4) is 0 Å². The zero-order valence-electron chi connectivity index (χ0n) is 11.9. The van der Waals surface area contributed by atoms with Gasteiger partial charge in [0.05, 0.1) is 13.2 Å². The third kappa shape index (κ3) is 3.77. The normalized spacial score (nSPS) is 15.0. The van der Waals surface area contributed by atoms with E-state index in [1.165, 1.54) is 11.3 Å². The van der Waals surface area contributed by atoms with Gasteiger partial charge in [-0.25, -0.2) is 0 Å². The van der Waals surface area contributed by atoms with Crippen LogP contribution < -0.4 is 10.2 Å². The third-order valence-corrected chi connectivity index (χ3v) is 4.46. The van der Waals surface area contributed by atoms with Gasteiger partial charge in [0, 0.05) is 35.5 Å². The Hall–Kier alpha value is -1.52. The summed E-state index contributed by atoms with van der Waals surface area (Å²) < 4.78 is 6.53. The SMILES string of the molecule is Brc1ccccc1CNc1ccc(N2CCOCC2)cc1. The van der Waals surface area contributed by atoms with Gasteiger partial charge in [0.2, 0.25) is 0 Å². The van der Waals surface area contributed by atoms with Gasteiger partial charge in [-0.15, -0.1) is 0 Å². The van der Waals surface area contributed by atoms with E-state index in [-0.39, 0.29) is 0 Å². The molecule has 0 spiro atoms. The van der Waals surface area contributed by atoms with Gasteiger partial charge in [-0.3, -0.25) is 0 Å². The molecule has 3 rings (SSSR count). The summed E-state index contributed by atoms with van der Waals surface area (Å²) in [5.41, 5.74) is 3.67. The van der Waals surface area contributed by atoms with E-state index in [9.17, 15) is 0 Å². The molecule has 0 saturated carbocycles. The van der Waals surface area contributed by atoms with Crippen molar-refractivity contribution >= 4 is 27.3 Å². The van der Waals surface area contributed by atoms with E-state index in [1.807, 2.05) is 6.07 Å². The molecular weight excluding hydrogens is 328 g/mol. The average Bonchev–Trinajstić information content (AvgIpc) is 2.55. The molecular formula is C17H19BrN2O. The molecule has 3 nitrogen and oxygen atoms in total. The van der Waals surface area contributed by atoms with E-state index in [4.69, 9.17) is 4.74 Å². The maximum Gasteiger partial charge on any atom is 0.0642 e. The van der Waals surface area contributed by atoms with Crippen LogP contribution >= 0.6 is 15.9 Å². The van der Waals surface area contributed by atoms with Gasteiger partial charge in [-0.05, 0) is 35.9 Å². The Morgan fingerprint density at radius 1 is 1.00 bits per heavy atom. The summed E-state index contributed by atoms with van der Waals surface area (Å²) in [6.07, 6.45) is 0. The quantitative estimate of drug-likeness (QED) is 0.908. The van der Waals surface area contributed by atoms with Crippen molar-refractivity contribution in [1.82, 2.24) is 0 Å². The van der Waals surface area contributed by atoms with E-state index in [1.54, 1.807) is 0 Å². The number of anilines is 2. The lowest BCUT2D eigenvalue weighted by Crippen LogP contribution is -2.36. The average molecular weight is 347 g/mol. The molecule has 0 amide bonds. The van der Waals surface area contributed by atoms with Crippen molar-refractivity contribution in [2.24, 2.45) is 0 Å². The molecule has 1 saturated heterocycles. The first-order chi connectivity index (χ1) is 10.3. The smallest absolute Gasteiger partial charge is 0.0642 e. The van der Waals surface area contributed by atoms with Gasteiger partial charge in [0.25, 0.3) is 0 Å². The van der Waals surface area contributed by atoms with Crippen molar-refractivity contribution in [1.29, 1.82) is 0 Å². The van der Waals surface area contributed by atoms with Crippen LogP contribution in [0.1, 0.15) is 5.56 Å². The number of hydrogen-bond acceptors (Lipinski definition) is 3. The second-order valence-electron chi connectivity index (χ2n) is 5.09. The molecule has 0 aromatic heterocycles. The summed E-state index contributed by atoms with van der Waals surface area (Å²) in [7, 11) is 0. The number of rotatable bonds is 4. The molecule has 1 heterocycles. The second kappa shape index (κ2) is 6.96. The summed E-state index contributed by atoms with van der Waals surface area (Å²) in [6, 6.07) is 16.9. The van der Waals surface area contributed by atoms with E-state index in [0.717, 1.165) is 43.0 Å². The molecule has 1 aliphatic rings. The number of nitrogens with zero attached hydrogens (tertiary/aromatic N) is 1. The Bertz CT molecular complexity index is 580. The first-order valence-corrected chi connectivity index (χ1v) is 8.02. The molecule has 0 atom stereocenters. The monoisotopic (exact) mass is 346 g/mol. The molecule has 0 bridgehead atoms. The Morgan fingerprint density at radius 3 is 2.43 bits per heavy atom. The highest BCUT2D eigenvalue weighted by molar-refractivity contribution is 9.10. The molecule has 2 aromatic rings. The van der Waals surface area contributed by atoms with Crippen molar-refractivity contribution in [3.8, 4) is 0 Å². The van der Waals surface area contributed by atoms with Crippen molar-refractivity contribution in [3.05, 3.63) is 58.6 Å².